The number of aromatic nitrogens is 1. The molecule has 1 aromatic carbocycles. The molecule has 0 aliphatic heterocycles. The fourth-order valence-corrected chi connectivity index (χ4v) is 2.23. The highest BCUT2D eigenvalue weighted by Gasteiger charge is 2.01. The second kappa shape index (κ2) is 6.89. The van der Waals surface area contributed by atoms with Crippen molar-refractivity contribution in [3.8, 4) is 0 Å². The molecule has 0 fully saturated rings. The molecule has 98 valence electrons. The minimum Gasteiger partial charge on any atom is -0.264 e. The average Bonchev–Trinajstić information content (AvgIpc) is 2.47. The van der Waals surface area contributed by atoms with E-state index in [1.54, 1.807) is 0 Å². The van der Waals surface area contributed by atoms with E-state index in [-0.39, 0.29) is 0 Å². The summed E-state index contributed by atoms with van der Waals surface area (Å²) in [4.78, 5) is 4.20. The van der Waals surface area contributed by atoms with Gasteiger partial charge in [-0.05, 0) is 48.9 Å². The van der Waals surface area contributed by atoms with Gasteiger partial charge in [-0.3, -0.25) is 4.98 Å². The molecule has 0 spiro atoms. The first-order valence-corrected chi connectivity index (χ1v) is 6.91. The van der Waals surface area contributed by atoms with Crippen molar-refractivity contribution in [2.75, 3.05) is 0 Å². The van der Waals surface area contributed by atoms with E-state index in [9.17, 15) is 0 Å². The lowest BCUT2D eigenvalue weighted by Gasteiger charge is -2.07. The van der Waals surface area contributed by atoms with Crippen molar-refractivity contribution >= 4 is 0 Å². The second-order valence-electron chi connectivity index (χ2n) is 4.91. The van der Waals surface area contributed by atoms with Gasteiger partial charge in [0, 0.05) is 12.4 Å². The third-order valence-corrected chi connectivity index (χ3v) is 3.38. The molecule has 0 radical (unpaired) electrons. The van der Waals surface area contributed by atoms with Crippen LogP contribution in [-0.4, -0.2) is 4.98 Å². The molecule has 0 N–H and O–H groups in total. The van der Waals surface area contributed by atoms with Gasteiger partial charge >= 0.3 is 0 Å². The first-order chi connectivity index (χ1) is 9.29. The van der Waals surface area contributed by atoms with Crippen LogP contribution in [0.3, 0.4) is 0 Å². The summed E-state index contributed by atoms with van der Waals surface area (Å²) in [7, 11) is 0. The summed E-state index contributed by atoms with van der Waals surface area (Å²) in [6, 6.07) is 12.7. The smallest absolute Gasteiger partial charge is 0.0302 e. The Morgan fingerprint density at radius 1 is 1.11 bits per heavy atom. The fourth-order valence-electron chi connectivity index (χ4n) is 2.23. The summed E-state index contributed by atoms with van der Waals surface area (Å²) < 4.78 is 0. The van der Waals surface area contributed by atoms with Crippen molar-refractivity contribution in [2.24, 2.45) is 0 Å². The Hall–Kier alpha value is -1.89. The van der Waals surface area contributed by atoms with E-state index in [0.717, 1.165) is 19.3 Å². The van der Waals surface area contributed by atoms with Crippen molar-refractivity contribution in [1.29, 1.82) is 0 Å². The maximum absolute atomic E-state index is 4.20. The molecule has 2 aromatic rings. The second-order valence-corrected chi connectivity index (χ2v) is 4.91. The van der Waals surface area contributed by atoms with Gasteiger partial charge in [0.05, 0.1) is 0 Å². The fraction of sp³-hybridized carbons (Fsp3) is 0.278. The van der Waals surface area contributed by atoms with Crippen LogP contribution in [0.5, 0.6) is 0 Å². The summed E-state index contributed by atoms with van der Waals surface area (Å²) in [5, 5.41) is 0. The molecule has 0 atom stereocenters. The van der Waals surface area contributed by atoms with Crippen LogP contribution in [0, 0.1) is 0 Å². The van der Waals surface area contributed by atoms with E-state index < -0.39 is 0 Å². The number of hydrogen-bond donors (Lipinski definition) is 0. The van der Waals surface area contributed by atoms with Gasteiger partial charge in [-0.1, -0.05) is 48.9 Å². The lowest BCUT2D eigenvalue weighted by Crippen LogP contribution is -1.95. The zero-order valence-corrected chi connectivity index (χ0v) is 11.8. The van der Waals surface area contributed by atoms with Crippen LogP contribution in [0.2, 0.25) is 0 Å². The standard InChI is InChI=1S/C18H21N/c1-3-17-14-19-12-11-18(17)13-15(2)9-10-16-7-5-4-6-8-16/h4-9,11-12,14H,3,10,13H2,1-2H3/b15-9-. The normalized spacial score (nSPS) is 11.6. The predicted octanol–water partition coefficient (Wildman–Crippen LogP) is 4.38. The lowest BCUT2D eigenvalue weighted by molar-refractivity contribution is 1.01. The quantitative estimate of drug-likeness (QED) is 0.719. The van der Waals surface area contributed by atoms with E-state index in [2.05, 4.69) is 61.3 Å². The molecule has 0 amide bonds. The van der Waals surface area contributed by atoms with Crippen molar-refractivity contribution < 1.29 is 0 Å². The van der Waals surface area contributed by atoms with Gasteiger partial charge in [0.2, 0.25) is 0 Å². The Labute approximate surface area is 116 Å². The monoisotopic (exact) mass is 251 g/mol. The summed E-state index contributed by atoms with van der Waals surface area (Å²) in [5.41, 5.74) is 5.55. The first kappa shape index (κ1) is 13.5. The van der Waals surface area contributed by atoms with Crippen LogP contribution >= 0.6 is 0 Å². The maximum atomic E-state index is 4.20. The van der Waals surface area contributed by atoms with Crippen molar-refractivity contribution in [3.05, 3.63) is 77.1 Å². The molecule has 0 aliphatic carbocycles. The van der Waals surface area contributed by atoms with Crippen LogP contribution in [0.4, 0.5) is 0 Å². The number of hydrogen-bond acceptors (Lipinski definition) is 1. The molecule has 1 heterocycles. The molecular weight excluding hydrogens is 230 g/mol. The van der Waals surface area contributed by atoms with E-state index in [4.69, 9.17) is 0 Å². The van der Waals surface area contributed by atoms with Gasteiger partial charge in [-0.2, -0.15) is 0 Å². The predicted molar refractivity (Wildman–Crippen MR) is 81.2 cm³/mol. The van der Waals surface area contributed by atoms with Crippen LogP contribution in [0.15, 0.2) is 60.4 Å². The SMILES string of the molecule is CCc1cnccc1C/C(C)=C\Cc1ccccc1. The van der Waals surface area contributed by atoms with Crippen LogP contribution < -0.4 is 0 Å². The topological polar surface area (TPSA) is 12.9 Å². The number of nitrogens with zero attached hydrogens (tertiary/aromatic N) is 1. The zero-order chi connectivity index (χ0) is 13.5. The Morgan fingerprint density at radius 2 is 1.89 bits per heavy atom. The molecule has 0 saturated heterocycles. The number of pyridine rings is 1. The number of allylic oxidation sites excluding steroid dienone is 2. The number of rotatable bonds is 5. The van der Waals surface area contributed by atoms with Crippen molar-refractivity contribution in [3.63, 3.8) is 0 Å². The van der Waals surface area contributed by atoms with Crippen molar-refractivity contribution in [2.45, 2.75) is 33.1 Å². The average molecular weight is 251 g/mol. The van der Waals surface area contributed by atoms with E-state index in [1.165, 1.54) is 22.3 Å². The summed E-state index contributed by atoms with van der Waals surface area (Å²) in [5.74, 6) is 0. The van der Waals surface area contributed by atoms with E-state index >= 15 is 0 Å². The van der Waals surface area contributed by atoms with Crippen LogP contribution in [-0.2, 0) is 19.3 Å². The summed E-state index contributed by atoms with van der Waals surface area (Å²) in [6.45, 7) is 4.40. The highest BCUT2D eigenvalue weighted by atomic mass is 14.6. The zero-order valence-electron chi connectivity index (χ0n) is 11.8. The van der Waals surface area contributed by atoms with Crippen molar-refractivity contribution in [1.82, 2.24) is 4.98 Å². The molecule has 19 heavy (non-hydrogen) atoms. The van der Waals surface area contributed by atoms with Crippen LogP contribution in [0.25, 0.3) is 0 Å². The van der Waals surface area contributed by atoms with Gasteiger partial charge in [-0.25, -0.2) is 0 Å². The minimum absolute atomic E-state index is 1.01. The van der Waals surface area contributed by atoms with Gasteiger partial charge in [0.1, 0.15) is 0 Å². The van der Waals surface area contributed by atoms with Gasteiger partial charge < -0.3 is 0 Å². The highest BCUT2D eigenvalue weighted by Crippen LogP contribution is 2.14. The number of benzene rings is 1. The Kier molecular flexibility index (Phi) is 4.91. The number of aryl methyl sites for hydroxylation is 1. The highest BCUT2D eigenvalue weighted by molar-refractivity contribution is 5.28. The largest absolute Gasteiger partial charge is 0.264 e. The summed E-state index contributed by atoms with van der Waals surface area (Å²) in [6.07, 6.45) is 9.29. The molecule has 2 rings (SSSR count). The molecule has 0 saturated carbocycles. The summed E-state index contributed by atoms with van der Waals surface area (Å²) >= 11 is 0. The van der Waals surface area contributed by atoms with E-state index in [0.29, 0.717) is 0 Å². The minimum atomic E-state index is 1.01. The molecule has 1 heteroatoms. The molecule has 0 bridgehead atoms. The van der Waals surface area contributed by atoms with Gasteiger partial charge in [0.15, 0.2) is 0 Å². The Bertz CT molecular complexity index is 541. The Balaban J connectivity index is 2.02. The van der Waals surface area contributed by atoms with Gasteiger partial charge in [0.25, 0.3) is 0 Å². The van der Waals surface area contributed by atoms with Crippen LogP contribution in [0.1, 0.15) is 30.5 Å². The molecule has 0 aliphatic rings. The van der Waals surface area contributed by atoms with Gasteiger partial charge in [-0.15, -0.1) is 0 Å². The molecule has 1 aromatic heterocycles. The first-order valence-electron chi connectivity index (χ1n) is 6.91. The third-order valence-electron chi connectivity index (χ3n) is 3.38. The molecular formula is C18H21N. The maximum Gasteiger partial charge on any atom is 0.0302 e. The Morgan fingerprint density at radius 3 is 2.63 bits per heavy atom. The molecule has 0 unspecified atom stereocenters. The van der Waals surface area contributed by atoms with E-state index in [1.807, 2.05) is 12.4 Å². The lowest BCUT2D eigenvalue weighted by atomic mass is 10.00. The molecule has 1 nitrogen and oxygen atoms in total. The third kappa shape index (κ3) is 4.06.